The molecule has 4 N–H and O–H groups in total. The monoisotopic (exact) mass is 367 g/mol. The summed E-state index contributed by atoms with van der Waals surface area (Å²) in [5.74, 6) is -2.95. The number of carboxylic acid groups (broad SMARTS) is 1. The van der Waals surface area contributed by atoms with Crippen LogP contribution in [-0.4, -0.2) is 48.1 Å². The van der Waals surface area contributed by atoms with Crippen LogP contribution in [-0.2, 0) is 9.59 Å². The average molecular weight is 367 g/mol. The molecular weight excluding hydrogens is 354 g/mol. The van der Waals surface area contributed by atoms with Crippen LogP contribution < -0.4 is 0 Å². The highest BCUT2D eigenvalue weighted by Crippen LogP contribution is 2.37. The van der Waals surface area contributed by atoms with E-state index >= 15 is 0 Å². The molecule has 0 saturated carbocycles. The van der Waals surface area contributed by atoms with E-state index in [1.165, 1.54) is 35.3 Å². The van der Waals surface area contributed by atoms with E-state index in [1.807, 2.05) is 0 Å². The first kappa shape index (κ1) is 17.8. The molecule has 0 aromatic heterocycles. The molecule has 1 saturated heterocycles. The zero-order valence-electron chi connectivity index (χ0n) is 12.2. The van der Waals surface area contributed by atoms with Gasteiger partial charge < -0.3 is 20.4 Å². The van der Waals surface area contributed by atoms with Gasteiger partial charge in [-0.1, -0.05) is 36.1 Å². The second-order valence-electron chi connectivity index (χ2n) is 4.73. The van der Waals surface area contributed by atoms with Crippen LogP contribution in [0.2, 0.25) is 0 Å². The summed E-state index contributed by atoms with van der Waals surface area (Å²) in [7, 11) is 0. The van der Waals surface area contributed by atoms with Crippen LogP contribution in [0.25, 0.3) is 6.08 Å². The minimum Gasteiger partial charge on any atom is -0.504 e. The molecule has 24 heavy (non-hydrogen) atoms. The van der Waals surface area contributed by atoms with Gasteiger partial charge in [-0.3, -0.25) is 14.5 Å². The molecule has 126 valence electrons. The number of thioether (sulfide) groups is 1. The molecule has 0 atom stereocenters. The quantitative estimate of drug-likeness (QED) is 0.355. The molecule has 9 heteroatoms. The Morgan fingerprint density at radius 1 is 1.25 bits per heavy atom. The van der Waals surface area contributed by atoms with Gasteiger partial charge in [0, 0.05) is 12.1 Å². The SMILES string of the molecule is O=C(O)CCN1C(=O)C(=CC=Cc2ccc(O)c(O)c2O)SC1=S. The summed E-state index contributed by atoms with van der Waals surface area (Å²) < 4.78 is 0.283. The van der Waals surface area contributed by atoms with E-state index in [9.17, 15) is 24.9 Å². The Morgan fingerprint density at radius 2 is 1.96 bits per heavy atom. The van der Waals surface area contributed by atoms with Crippen LogP contribution in [0.4, 0.5) is 0 Å². The fourth-order valence-electron chi connectivity index (χ4n) is 1.87. The number of nitrogens with zero attached hydrogens (tertiary/aromatic N) is 1. The van der Waals surface area contributed by atoms with E-state index in [1.54, 1.807) is 0 Å². The number of benzene rings is 1. The molecule has 0 radical (unpaired) electrons. The lowest BCUT2D eigenvalue weighted by Gasteiger charge is -2.12. The van der Waals surface area contributed by atoms with Gasteiger partial charge in [0.1, 0.15) is 4.32 Å². The summed E-state index contributed by atoms with van der Waals surface area (Å²) in [5, 5.41) is 37.0. The average Bonchev–Trinajstić information content (AvgIpc) is 2.79. The summed E-state index contributed by atoms with van der Waals surface area (Å²) in [4.78, 5) is 24.3. The van der Waals surface area contributed by atoms with Crippen molar-refractivity contribution < 1.29 is 30.0 Å². The molecular formula is C15H13NO6S2. The summed E-state index contributed by atoms with van der Waals surface area (Å²) in [5.41, 5.74) is 0.253. The number of thiocarbonyl (C=S) groups is 1. The number of phenols is 3. The van der Waals surface area contributed by atoms with Crippen LogP contribution in [0, 0.1) is 0 Å². The number of rotatable bonds is 5. The highest BCUT2D eigenvalue weighted by atomic mass is 32.2. The number of amides is 1. The molecule has 1 aromatic carbocycles. The Labute approximate surface area is 146 Å². The minimum atomic E-state index is -1.02. The third kappa shape index (κ3) is 3.87. The van der Waals surface area contributed by atoms with Gasteiger partial charge in [-0.25, -0.2) is 0 Å². The van der Waals surface area contributed by atoms with Gasteiger partial charge in [0.25, 0.3) is 5.91 Å². The number of carbonyl (C=O) groups excluding carboxylic acids is 1. The fourth-order valence-corrected chi connectivity index (χ4v) is 3.13. The van der Waals surface area contributed by atoms with E-state index in [-0.39, 0.29) is 28.8 Å². The molecule has 0 bridgehead atoms. The van der Waals surface area contributed by atoms with Crippen LogP contribution in [0.1, 0.15) is 12.0 Å². The highest BCUT2D eigenvalue weighted by Gasteiger charge is 2.31. The van der Waals surface area contributed by atoms with E-state index in [2.05, 4.69) is 0 Å². The van der Waals surface area contributed by atoms with Crippen molar-refractivity contribution in [2.75, 3.05) is 6.54 Å². The molecule has 1 aliphatic rings. The lowest BCUT2D eigenvalue weighted by molar-refractivity contribution is -0.137. The largest absolute Gasteiger partial charge is 0.504 e. The van der Waals surface area contributed by atoms with Gasteiger partial charge >= 0.3 is 5.97 Å². The molecule has 1 fully saturated rings. The molecule has 1 heterocycles. The maximum atomic E-state index is 12.1. The van der Waals surface area contributed by atoms with Gasteiger partial charge in [0.05, 0.1) is 11.3 Å². The first-order valence-corrected chi connectivity index (χ1v) is 7.91. The van der Waals surface area contributed by atoms with E-state index < -0.39 is 23.2 Å². The van der Waals surface area contributed by atoms with Gasteiger partial charge in [-0.05, 0) is 18.2 Å². The maximum Gasteiger partial charge on any atom is 0.305 e. The molecule has 0 spiro atoms. The van der Waals surface area contributed by atoms with Crippen LogP contribution in [0.15, 0.2) is 29.2 Å². The van der Waals surface area contributed by atoms with Crippen LogP contribution in [0.3, 0.4) is 0 Å². The minimum absolute atomic E-state index is 0.00762. The van der Waals surface area contributed by atoms with Crippen molar-refractivity contribution in [2.24, 2.45) is 0 Å². The predicted octanol–water partition coefficient (Wildman–Crippen LogP) is 2.04. The lowest BCUT2D eigenvalue weighted by atomic mass is 10.1. The first-order chi connectivity index (χ1) is 11.3. The van der Waals surface area contributed by atoms with Gasteiger partial charge in [-0.2, -0.15) is 0 Å². The molecule has 1 amide bonds. The Bertz CT molecular complexity index is 771. The topological polar surface area (TPSA) is 118 Å². The van der Waals surface area contributed by atoms with E-state index in [0.717, 1.165) is 11.8 Å². The number of aromatic hydroxyl groups is 3. The highest BCUT2D eigenvalue weighted by molar-refractivity contribution is 8.26. The van der Waals surface area contributed by atoms with Gasteiger partial charge in [-0.15, -0.1) is 0 Å². The van der Waals surface area contributed by atoms with E-state index in [4.69, 9.17) is 17.3 Å². The van der Waals surface area contributed by atoms with Crippen molar-refractivity contribution in [1.29, 1.82) is 0 Å². The summed E-state index contributed by atoms with van der Waals surface area (Å²) in [6, 6.07) is 2.62. The van der Waals surface area contributed by atoms with Crippen molar-refractivity contribution in [3.63, 3.8) is 0 Å². The van der Waals surface area contributed by atoms with E-state index in [0.29, 0.717) is 4.91 Å². The predicted molar refractivity (Wildman–Crippen MR) is 92.7 cm³/mol. The first-order valence-electron chi connectivity index (χ1n) is 6.69. The molecule has 7 nitrogen and oxygen atoms in total. The Morgan fingerprint density at radius 3 is 2.62 bits per heavy atom. The Kier molecular flexibility index (Phi) is 5.47. The summed E-state index contributed by atoms with van der Waals surface area (Å²) >= 11 is 6.10. The number of phenolic OH excluding ortho intramolecular Hbond substituents is 3. The summed E-state index contributed by atoms with van der Waals surface area (Å²) in [6.45, 7) is 0.00762. The Hall–Kier alpha value is -2.52. The van der Waals surface area contributed by atoms with Crippen molar-refractivity contribution in [3.05, 3.63) is 34.8 Å². The smallest absolute Gasteiger partial charge is 0.305 e. The molecule has 1 aliphatic heterocycles. The number of allylic oxidation sites excluding steroid dienone is 2. The molecule has 0 unspecified atom stereocenters. The second-order valence-corrected chi connectivity index (χ2v) is 6.41. The third-order valence-electron chi connectivity index (χ3n) is 3.11. The van der Waals surface area contributed by atoms with Crippen LogP contribution in [0.5, 0.6) is 17.2 Å². The number of hydrogen-bond donors (Lipinski definition) is 4. The normalized spacial score (nSPS) is 16.5. The van der Waals surface area contributed by atoms with Crippen molar-refractivity contribution >= 4 is 46.3 Å². The molecule has 0 aliphatic carbocycles. The standard InChI is InChI=1S/C15H13NO6S2/c17-9-5-4-8(12(20)13(9)21)2-1-3-10-14(22)16(15(23)24-10)7-6-11(18)19/h1-5,17,20-21H,6-7H2,(H,18,19). The maximum absolute atomic E-state index is 12.1. The van der Waals surface area contributed by atoms with Gasteiger partial charge in [0.15, 0.2) is 11.5 Å². The zero-order chi connectivity index (χ0) is 17.9. The van der Waals surface area contributed by atoms with Gasteiger partial charge in [0.2, 0.25) is 5.75 Å². The van der Waals surface area contributed by atoms with Crippen molar-refractivity contribution in [3.8, 4) is 17.2 Å². The lowest BCUT2D eigenvalue weighted by Crippen LogP contribution is -2.30. The Balaban J connectivity index is 2.12. The van der Waals surface area contributed by atoms with Crippen molar-refractivity contribution in [2.45, 2.75) is 6.42 Å². The number of carbonyl (C=O) groups is 2. The molecule has 1 aromatic rings. The van der Waals surface area contributed by atoms with Crippen LogP contribution >= 0.6 is 24.0 Å². The third-order valence-corrected chi connectivity index (χ3v) is 4.50. The molecule has 2 rings (SSSR count). The second kappa shape index (κ2) is 7.37. The number of carboxylic acids is 1. The number of aliphatic carboxylic acids is 1. The summed E-state index contributed by atoms with van der Waals surface area (Å²) in [6.07, 6.45) is 4.20. The number of hydrogen-bond acceptors (Lipinski definition) is 7. The zero-order valence-corrected chi connectivity index (χ0v) is 13.8. The van der Waals surface area contributed by atoms with Crippen molar-refractivity contribution in [1.82, 2.24) is 4.90 Å². The fraction of sp³-hybridized carbons (Fsp3) is 0.133.